The number of azo groups is 6. The van der Waals surface area contributed by atoms with E-state index in [0.717, 1.165) is 6.07 Å². The van der Waals surface area contributed by atoms with Crippen LogP contribution in [0.4, 0.5) is 68.2 Å². The molecule has 0 aliphatic heterocycles. The van der Waals surface area contributed by atoms with Gasteiger partial charge in [-0.3, -0.25) is 0 Å². The summed E-state index contributed by atoms with van der Waals surface area (Å²) in [4.78, 5) is 146. The molecule has 13 rings (SSSR count). The molecule has 0 aliphatic rings. The average molecular weight is 2010 g/mol. The molecule has 0 bridgehead atoms. The number of carboxylic acids is 7. The summed E-state index contributed by atoms with van der Waals surface area (Å²) in [5.41, 5.74) is 8.11. The van der Waals surface area contributed by atoms with E-state index in [1.165, 1.54) is 72.8 Å². The van der Waals surface area contributed by atoms with Crippen LogP contribution in [0.5, 0.6) is 28.7 Å². The van der Waals surface area contributed by atoms with Crippen molar-refractivity contribution >= 4 is 135 Å². The van der Waals surface area contributed by atoms with Crippen molar-refractivity contribution in [1.29, 1.82) is 0 Å². The van der Waals surface area contributed by atoms with Gasteiger partial charge in [0.1, 0.15) is 48.6 Å². The Kier molecular flexibility index (Phi) is 41.4. The summed E-state index contributed by atoms with van der Waals surface area (Å²) in [7, 11) is 0. The third-order valence-corrected chi connectivity index (χ3v) is 17.8. The van der Waals surface area contributed by atoms with Gasteiger partial charge in [0.15, 0.2) is 0 Å². The van der Waals surface area contributed by atoms with E-state index in [1.54, 1.807) is 207 Å². The van der Waals surface area contributed by atoms with Gasteiger partial charge in [0.2, 0.25) is 0 Å². The molecule has 136 heavy (non-hydrogen) atoms. The number of rotatable bonds is 34. The maximum atomic E-state index is 11.9. The summed E-state index contributed by atoms with van der Waals surface area (Å²) in [5, 5.41) is 117. The first-order chi connectivity index (χ1) is 65.1. The summed E-state index contributed by atoms with van der Waals surface area (Å²) in [6.07, 6.45) is 1.00. The first-order valence-corrected chi connectivity index (χ1v) is 38.5. The van der Waals surface area contributed by atoms with E-state index < -0.39 is 41.8 Å². The quantitative estimate of drug-likeness (QED) is 0.0145. The molecule has 680 valence electrons. The van der Waals surface area contributed by atoms with Crippen LogP contribution in [0.15, 0.2) is 340 Å². The topological polar surface area (TPSA) is 592 Å². The minimum atomic E-state index is -1.35. The van der Waals surface area contributed by atoms with Crippen LogP contribution in [0.3, 0.4) is 0 Å². The third kappa shape index (κ3) is 33.8. The van der Waals surface area contributed by atoms with Crippen LogP contribution in [0.1, 0.15) is 111 Å². The molecular weight excluding hydrogens is 1940 g/mol. The van der Waals surface area contributed by atoms with E-state index in [0.29, 0.717) is 130 Å². The van der Waals surface area contributed by atoms with Gasteiger partial charge in [0.05, 0.1) is 115 Å². The van der Waals surface area contributed by atoms with E-state index in [9.17, 15) is 64.2 Å². The second-order valence-corrected chi connectivity index (χ2v) is 26.7. The number of aryl methyl sites for hydroxylation is 1. The van der Waals surface area contributed by atoms with Crippen molar-refractivity contribution in [3.8, 4) is 28.7 Å². The molecule has 40 heteroatoms. The number of hydrogen-bond acceptors (Lipinski definition) is 32. The van der Waals surface area contributed by atoms with Crippen LogP contribution in [-0.4, -0.2) is 102 Å². The monoisotopic (exact) mass is 2000 g/mol. The minimum absolute atomic E-state index is 0. The molecular formula is C96H68N12O27W. The van der Waals surface area contributed by atoms with Crippen LogP contribution in [0.25, 0.3) is 0 Å². The van der Waals surface area contributed by atoms with Crippen LogP contribution in [0, 0.1) is 19.9 Å². The van der Waals surface area contributed by atoms with Crippen molar-refractivity contribution in [2.75, 3.05) is 0 Å². The van der Waals surface area contributed by atoms with Crippen molar-refractivity contribution in [1.82, 2.24) is 0 Å². The van der Waals surface area contributed by atoms with Crippen molar-refractivity contribution in [3.63, 3.8) is 0 Å². The molecule has 0 spiro atoms. The van der Waals surface area contributed by atoms with Gasteiger partial charge in [-0.15, -0.1) is 23.3 Å². The first kappa shape index (κ1) is 104. The number of carbonyl (C=O) groups is 7. The number of benzene rings is 13. The second kappa shape index (κ2) is 54.2. The molecule has 0 saturated heterocycles. The summed E-state index contributed by atoms with van der Waals surface area (Å²) >= 11 is 0. The zero-order chi connectivity index (χ0) is 97.6. The standard InChI is InChI=1S/C79H59N10O17.C13H9N2O2.4CO2.W/c1-46-32-51(77(96)97)38-62(33-46)88-83-57-18-24-65(25-19-57)103-42-70-47(2)69(41-102-64-22-12-54(13-23-64)80-85-59-9-3-6-48(35-59)74(90)91)71(43-104-66-26-14-55(15-27-66)81-86-60-10-4-7-49(36-60)75(92)93)73(45-106-68-28-16-56(17-29-68)82-87-61-11-5-8-50(37-61)76(94)95)72(70)44-105-67-30-20-58(21-31-67)84-89-63-39-52(78(98)99)34-53(40-63)79(100)101;16-13(17)10-5-4-8-12(9-10)15-14-11-6-2-1-3-7-11;4*2-1-3;/h3-40H,2,41-45H2,1H3,(H,90,91)(H,92,93)(H,94,95)(H,96,97)(H,98,99)(H,100,101);2-9H,(H,16,17);;;;;/q2*-1;;;;;+2. The summed E-state index contributed by atoms with van der Waals surface area (Å²) in [6, 6.07) is 75.6. The second-order valence-electron chi connectivity index (χ2n) is 26.7. The van der Waals surface area contributed by atoms with Gasteiger partial charge in [0.25, 0.3) is 0 Å². The fourth-order valence-electron chi connectivity index (χ4n) is 11.6. The predicted molar refractivity (Wildman–Crippen MR) is 467 cm³/mol. The molecule has 39 nitrogen and oxygen atoms in total. The summed E-state index contributed by atoms with van der Waals surface area (Å²) in [6.45, 7) is 5.68. The molecule has 0 radical (unpaired) electrons. The molecule has 0 aliphatic carbocycles. The Labute approximate surface area is 782 Å². The zero-order valence-electron chi connectivity index (χ0n) is 70.4. The minimum Gasteiger partial charge on any atom is -0.501 e. The molecule has 0 amide bonds. The molecule has 0 unspecified atom stereocenters. The fraction of sp³-hybridized carbons (Fsp3) is 0.0625. The molecule has 7 N–H and O–H groups in total. The van der Waals surface area contributed by atoms with E-state index in [1.807, 2.05) is 0 Å². The zero-order valence-corrected chi connectivity index (χ0v) is 73.3. The van der Waals surface area contributed by atoms with Gasteiger partial charge in [-0.05, 0) is 254 Å². The number of nitrogens with zero attached hydrogens (tertiary/aromatic N) is 12. The van der Waals surface area contributed by atoms with Gasteiger partial charge in [-0.25, -0.2) is 33.6 Å². The number of aromatic carboxylic acids is 7. The number of ether oxygens (including phenoxy) is 5. The number of hydrogen-bond donors (Lipinski definition) is 7. The normalized spacial score (nSPS) is 10.4. The Bertz CT molecular complexity index is 6660. The Balaban J connectivity index is 0.000000724. The van der Waals surface area contributed by atoms with Gasteiger partial charge < -0.3 is 59.4 Å². The predicted octanol–water partition coefficient (Wildman–Crippen LogP) is 21.6. The molecule has 0 fully saturated rings. The van der Waals surface area contributed by atoms with Crippen LogP contribution >= 0.6 is 0 Å². The van der Waals surface area contributed by atoms with Gasteiger partial charge in [0, 0.05) is 0 Å². The van der Waals surface area contributed by atoms with Crippen LogP contribution in [0.2, 0.25) is 0 Å². The van der Waals surface area contributed by atoms with E-state index in [2.05, 4.69) is 67.4 Å². The van der Waals surface area contributed by atoms with Crippen LogP contribution in [-0.2, 0) is 92.5 Å². The largest absolute Gasteiger partial charge is 2.00 e. The number of carboxylic acid groups (broad SMARTS) is 7. The molecule has 0 atom stereocenters. The van der Waals surface area contributed by atoms with E-state index in [4.69, 9.17) is 74.1 Å². The third-order valence-electron chi connectivity index (χ3n) is 17.8. The molecule has 0 saturated carbocycles. The maximum absolute atomic E-state index is 11.9. The molecule has 13 aromatic carbocycles. The molecule has 0 heterocycles. The maximum Gasteiger partial charge on any atom is 2.00 e. The summed E-state index contributed by atoms with van der Waals surface area (Å²) < 4.78 is 33.4. The van der Waals surface area contributed by atoms with Crippen molar-refractivity contribution < 1.29 is 152 Å². The van der Waals surface area contributed by atoms with E-state index in [-0.39, 0.29) is 123 Å². The first-order valence-electron chi connectivity index (χ1n) is 38.5. The Morgan fingerprint density at radius 2 is 0.441 bits per heavy atom. The molecule has 13 aromatic rings. The van der Waals surface area contributed by atoms with Crippen LogP contribution < -0.4 is 23.7 Å². The van der Waals surface area contributed by atoms with E-state index >= 15 is 0 Å². The average Bonchev–Trinajstić information content (AvgIpc) is 0.764. The van der Waals surface area contributed by atoms with Gasteiger partial charge in [-0.1, -0.05) is 35.4 Å². The van der Waals surface area contributed by atoms with Crippen molar-refractivity contribution in [2.24, 2.45) is 61.4 Å². The van der Waals surface area contributed by atoms with Crippen molar-refractivity contribution in [2.45, 2.75) is 40.0 Å². The molecule has 0 aromatic heterocycles. The summed E-state index contributed by atoms with van der Waals surface area (Å²) in [5.74, 6) is -6.23. The van der Waals surface area contributed by atoms with Gasteiger partial charge >= 0.3 is 87.5 Å². The SMILES string of the molecule is O=C(O)c1cccc(N=Nc2cc[c-]cc2)c1.O=C=O.O=C=O.O=C=O.O=C=O.[CH2-]c1c(COc2ccc(N=Nc3cccc(C(=O)O)c3)cc2)c(COc2ccc(N=Nc3cccc(C(=O)O)c3)cc2)c(COc2ccc(N=Nc3cccc(C(=O)O)c3)cc2)c(COc2ccc(N=Nc3cc(C(=O)O)cc(C(=O)O)c3)cc2)c1COc1ccc(N=Nc2cc(C)cc(C(=O)O)c2)cc1.[W+2]. The Morgan fingerprint density at radius 3 is 0.684 bits per heavy atom. The Morgan fingerprint density at radius 1 is 0.250 bits per heavy atom. The van der Waals surface area contributed by atoms with Crippen molar-refractivity contribution in [3.05, 3.63) is 370 Å². The Hall–Kier alpha value is -19.2. The fourth-order valence-corrected chi connectivity index (χ4v) is 11.6. The number of carbonyl (C=O) groups excluding carboxylic acids is 8. The smallest absolute Gasteiger partial charge is 0.501 e. The van der Waals surface area contributed by atoms with Gasteiger partial charge in [-0.2, -0.15) is 130 Å².